The summed E-state index contributed by atoms with van der Waals surface area (Å²) in [5.74, 6) is 0. The lowest BCUT2D eigenvalue weighted by atomic mass is 9.91. The molecule has 6 aromatic rings. The molecule has 0 aromatic heterocycles. The molecule has 0 fully saturated rings. The Balaban J connectivity index is 1.58. The Kier molecular flexibility index (Phi) is 3.42. The summed E-state index contributed by atoms with van der Waals surface area (Å²) >= 11 is 0. The molecule has 31 heavy (non-hydrogen) atoms. The first-order chi connectivity index (χ1) is 15.4. The summed E-state index contributed by atoms with van der Waals surface area (Å²) in [5, 5.41) is 13.4. The smallest absolute Gasteiger partial charge is 0.00761 e. The van der Waals surface area contributed by atoms with Gasteiger partial charge in [-0.15, -0.1) is 0 Å². The van der Waals surface area contributed by atoms with E-state index < -0.39 is 0 Å². The van der Waals surface area contributed by atoms with Gasteiger partial charge in [-0.25, -0.2) is 0 Å². The van der Waals surface area contributed by atoms with E-state index in [-0.39, 0.29) is 0 Å². The standard InChI is InChI=1S/C31H20/c1-2-8-21-18-30-22(17-20(21)7-1)13-15-24(30)23-14-16-29-27-11-4-3-9-25(27)26-10-5-6-12-28(26)31(29)19-23/h1-14,16-19H,15H2. The van der Waals surface area contributed by atoms with Gasteiger partial charge in [0.25, 0.3) is 0 Å². The molecule has 0 N–H and O–H groups in total. The number of fused-ring (bicyclic) bond motifs is 8. The van der Waals surface area contributed by atoms with E-state index in [2.05, 4.69) is 109 Å². The van der Waals surface area contributed by atoms with Crippen molar-refractivity contribution in [1.29, 1.82) is 0 Å². The maximum atomic E-state index is 2.41. The Morgan fingerprint density at radius 3 is 1.68 bits per heavy atom. The molecule has 0 saturated heterocycles. The second-order valence-electron chi connectivity index (χ2n) is 8.52. The highest BCUT2D eigenvalue weighted by atomic mass is 14.2. The third-order valence-electron chi connectivity index (χ3n) is 6.86. The highest BCUT2D eigenvalue weighted by molar-refractivity contribution is 6.25. The van der Waals surface area contributed by atoms with Crippen LogP contribution in [0.2, 0.25) is 0 Å². The molecule has 0 bridgehead atoms. The molecule has 7 rings (SSSR count). The van der Waals surface area contributed by atoms with E-state index in [4.69, 9.17) is 0 Å². The Hall–Kier alpha value is -3.90. The molecule has 0 atom stereocenters. The van der Waals surface area contributed by atoms with Crippen molar-refractivity contribution in [2.75, 3.05) is 0 Å². The van der Waals surface area contributed by atoms with E-state index in [0.717, 1.165) is 6.42 Å². The summed E-state index contributed by atoms with van der Waals surface area (Å²) < 4.78 is 0. The Morgan fingerprint density at radius 2 is 1.00 bits per heavy atom. The van der Waals surface area contributed by atoms with Crippen LogP contribution in [0.3, 0.4) is 0 Å². The van der Waals surface area contributed by atoms with Gasteiger partial charge in [-0.3, -0.25) is 0 Å². The van der Waals surface area contributed by atoms with Gasteiger partial charge in [-0.1, -0.05) is 91.0 Å². The first-order valence-corrected chi connectivity index (χ1v) is 10.9. The van der Waals surface area contributed by atoms with Crippen LogP contribution in [0.1, 0.15) is 12.0 Å². The quantitative estimate of drug-likeness (QED) is 0.274. The predicted molar refractivity (Wildman–Crippen MR) is 134 cm³/mol. The van der Waals surface area contributed by atoms with Crippen molar-refractivity contribution in [3.05, 3.63) is 119 Å². The zero-order valence-corrected chi connectivity index (χ0v) is 17.1. The van der Waals surface area contributed by atoms with Gasteiger partial charge in [0.2, 0.25) is 0 Å². The molecular formula is C31H20. The lowest BCUT2D eigenvalue weighted by Crippen LogP contribution is -2.22. The molecule has 1 aliphatic rings. The van der Waals surface area contributed by atoms with E-state index >= 15 is 0 Å². The van der Waals surface area contributed by atoms with Gasteiger partial charge >= 0.3 is 0 Å². The Labute approximate surface area is 180 Å². The average molecular weight is 393 g/mol. The molecule has 0 aliphatic heterocycles. The molecule has 0 amide bonds. The second kappa shape index (κ2) is 6.30. The van der Waals surface area contributed by atoms with Crippen LogP contribution in [0.15, 0.2) is 103 Å². The van der Waals surface area contributed by atoms with Gasteiger partial charge in [-0.05, 0) is 89.3 Å². The van der Waals surface area contributed by atoms with Crippen LogP contribution in [0.25, 0.3) is 54.7 Å². The van der Waals surface area contributed by atoms with Gasteiger partial charge < -0.3 is 0 Å². The van der Waals surface area contributed by atoms with Crippen LogP contribution in [-0.2, 0) is 0 Å². The monoisotopic (exact) mass is 392 g/mol. The molecule has 144 valence electrons. The number of rotatable bonds is 1. The van der Waals surface area contributed by atoms with E-state index in [0.29, 0.717) is 0 Å². The van der Waals surface area contributed by atoms with Crippen LogP contribution in [0, 0.1) is 0 Å². The maximum absolute atomic E-state index is 2.41. The van der Waals surface area contributed by atoms with E-state index in [1.165, 1.54) is 64.7 Å². The summed E-state index contributed by atoms with van der Waals surface area (Å²) in [6.45, 7) is 0. The van der Waals surface area contributed by atoms with Crippen LogP contribution in [0.5, 0.6) is 0 Å². The Bertz CT molecular complexity index is 1770. The zero-order valence-electron chi connectivity index (χ0n) is 17.1. The van der Waals surface area contributed by atoms with Crippen molar-refractivity contribution in [1.82, 2.24) is 0 Å². The minimum absolute atomic E-state index is 0.989. The van der Waals surface area contributed by atoms with Gasteiger partial charge in [-0.2, -0.15) is 0 Å². The molecule has 0 unspecified atom stereocenters. The molecule has 6 aromatic carbocycles. The van der Waals surface area contributed by atoms with E-state index in [1.807, 2.05) is 0 Å². The van der Waals surface area contributed by atoms with Crippen molar-refractivity contribution in [3.8, 4) is 0 Å². The lowest BCUT2D eigenvalue weighted by molar-refractivity contribution is 1.48. The average Bonchev–Trinajstić information content (AvgIpc) is 3.25. The fraction of sp³-hybridized carbons (Fsp3) is 0.0323. The van der Waals surface area contributed by atoms with Crippen LogP contribution < -0.4 is 10.4 Å². The van der Waals surface area contributed by atoms with Crippen LogP contribution in [0.4, 0.5) is 0 Å². The molecule has 0 radical (unpaired) electrons. The zero-order chi connectivity index (χ0) is 20.4. The van der Waals surface area contributed by atoms with Crippen LogP contribution in [-0.4, -0.2) is 0 Å². The second-order valence-corrected chi connectivity index (χ2v) is 8.52. The predicted octanol–water partition coefficient (Wildman–Crippen LogP) is 6.68. The third kappa shape index (κ3) is 2.42. The molecule has 0 spiro atoms. The SMILES string of the molecule is C1=c2cc3ccccc3cc2=C(c2ccc3c4ccccc4c4ccccc4c3c2)C1. The van der Waals surface area contributed by atoms with E-state index in [9.17, 15) is 0 Å². The van der Waals surface area contributed by atoms with Gasteiger partial charge in [0.05, 0.1) is 0 Å². The third-order valence-corrected chi connectivity index (χ3v) is 6.86. The molecule has 1 aliphatic carbocycles. The highest BCUT2D eigenvalue weighted by Gasteiger charge is 2.13. The Morgan fingerprint density at radius 1 is 0.452 bits per heavy atom. The van der Waals surface area contributed by atoms with Crippen molar-refractivity contribution < 1.29 is 0 Å². The molecule has 0 heteroatoms. The number of hydrogen-bond donors (Lipinski definition) is 0. The van der Waals surface area contributed by atoms with Crippen molar-refractivity contribution in [2.45, 2.75) is 6.42 Å². The summed E-state index contributed by atoms with van der Waals surface area (Å²) in [6, 6.07) is 38.0. The fourth-order valence-corrected chi connectivity index (χ4v) is 5.38. The maximum Gasteiger partial charge on any atom is -0.00761 e. The molecule has 0 nitrogen and oxygen atoms in total. The molecular weight excluding hydrogens is 372 g/mol. The lowest BCUT2D eigenvalue weighted by Gasteiger charge is -2.12. The first-order valence-electron chi connectivity index (χ1n) is 10.9. The topological polar surface area (TPSA) is 0 Å². The summed E-state index contributed by atoms with van der Waals surface area (Å²) in [7, 11) is 0. The van der Waals surface area contributed by atoms with Gasteiger partial charge in [0.1, 0.15) is 0 Å². The fourth-order valence-electron chi connectivity index (χ4n) is 5.38. The van der Waals surface area contributed by atoms with Crippen LogP contribution >= 0.6 is 0 Å². The number of benzene rings is 6. The van der Waals surface area contributed by atoms with Gasteiger partial charge in [0, 0.05) is 0 Å². The molecule has 0 saturated carbocycles. The molecule has 0 heterocycles. The highest BCUT2D eigenvalue weighted by Crippen LogP contribution is 2.36. The summed E-state index contributed by atoms with van der Waals surface area (Å²) in [5.41, 5.74) is 2.76. The van der Waals surface area contributed by atoms with Crippen molar-refractivity contribution in [2.24, 2.45) is 0 Å². The minimum atomic E-state index is 0.989. The summed E-state index contributed by atoms with van der Waals surface area (Å²) in [4.78, 5) is 0. The number of hydrogen-bond acceptors (Lipinski definition) is 0. The van der Waals surface area contributed by atoms with Crippen molar-refractivity contribution >= 4 is 54.7 Å². The largest absolute Gasteiger partial charge is 0.0722 e. The first kappa shape index (κ1) is 16.8. The minimum Gasteiger partial charge on any atom is -0.0722 e. The van der Waals surface area contributed by atoms with Crippen molar-refractivity contribution in [3.63, 3.8) is 0 Å². The normalized spacial score (nSPS) is 13.2. The van der Waals surface area contributed by atoms with E-state index in [1.54, 1.807) is 0 Å². The summed E-state index contributed by atoms with van der Waals surface area (Å²) in [6.07, 6.45) is 3.36. The van der Waals surface area contributed by atoms with Gasteiger partial charge in [0.15, 0.2) is 0 Å².